The number of anilines is 1. The Morgan fingerprint density at radius 3 is 2.67 bits per heavy atom. The number of allylic oxidation sites excluding steroid dienone is 1. The predicted molar refractivity (Wildman–Crippen MR) is 125 cm³/mol. The monoisotopic (exact) mass is 485 g/mol. The van der Waals surface area contributed by atoms with E-state index in [2.05, 4.69) is 15.4 Å². The average Bonchev–Trinajstić information content (AvgIpc) is 3.20. The third kappa shape index (κ3) is 4.71. The number of carbonyl (C=O) groups is 1. The Morgan fingerprint density at radius 2 is 2.00 bits per heavy atom. The first kappa shape index (κ1) is 22.8. The Morgan fingerprint density at radius 1 is 1.27 bits per heavy atom. The fourth-order valence-corrected chi connectivity index (χ4v) is 4.62. The van der Waals surface area contributed by atoms with E-state index in [1.54, 1.807) is 30.7 Å². The maximum Gasteiger partial charge on any atom is 0.338 e. The van der Waals surface area contributed by atoms with Crippen molar-refractivity contribution in [3.63, 3.8) is 0 Å². The number of halogens is 1. The maximum atomic E-state index is 12.8. The van der Waals surface area contributed by atoms with Crippen LogP contribution in [0.25, 0.3) is 0 Å². The van der Waals surface area contributed by atoms with Gasteiger partial charge in [-0.05, 0) is 43.2 Å². The molecule has 0 saturated carbocycles. The molecule has 33 heavy (non-hydrogen) atoms. The summed E-state index contributed by atoms with van der Waals surface area (Å²) < 4.78 is 6.89. The fourth-order valence-electron chi connectivity index (χ4n) is 3.51. The number of aromatic nitrogens is 3. The molecule has 0 aliphatic carbocycles. The van der Waals surface area contributed by atoms with Gasteiger partial charge in [0.1, 0.15) is 6.04 Å². The Kier molecular flexibility index (Phi) is 6.66. The molecule has 0 amide bonds. The zero-order chi connectivity index (χ0) is 23.5. The molecule has 0 spiro atoms. The molecule has 0 radical (unpaired) electrons. The van der Waals surface area contributed by atoms with Crippen LogP contribution < -0.4 is 5.32 Å². The molecule has 1 N–H and O–H groups in total. The Bertz CT molecular complexity index is 1240. The van der Waals surface area contributed by atoms with Crippen molar-refractivity contribution in [2.45, 2.75) is 30.8 Å². The molecule has 9 nitrogen and oxygen atoms in total. The molecule has 11 heteroatoms. The van der Waals surface area contributed by atoms with Crippen LogP contribution >= 0.6 is 23.4 Å². The van der Waals surface area contributed by atoms with E-state index >= 15 is 0 Å². The maximum absolute atomic E-state index is 12.8. The molecule has 0 unspecified atom stereocenters. The standard InChI is InChI=1S/C22H20ClN5O4S/c1-3-32-20(29)18-13(2)24-21-25-22(33-12-15-6-4-5-7-17(15)23)26-27(21)19(18)14-8-10-16(11-9-14)28(30)31/h4-11,19H,3,12H2,1-2H3,(H,24,25,26)/t19-/m1/s1. The molecular weight excluding hydrogens is 466 g/mol. The lowest BCUT2D eigenvalue weighted by Crippen LogP contribution is -2.29. The lowest BCUT2D eigenvalue weighted by atomic mass is 9.95. The third-order valence-corrected chi connectivity index (χ3v) is 6.32. The molecule has 1 aliphatic rings. The molecule has 0 saturated heterocycles. The van der Waals surface area contributed by atoms with E-state index < -0.39 is 16.9 Å². The number of carbonyl (C=O) groups excluding carboxylic acids is 1. The number of benzene rings is 2. The van der Waals surface area contributed by atoms with Gasteiger partial charge in [0.2, 0.25) is 11.1 Å². The van der Waals surface area contributed by atoms with Crippen molar-refractivity contribution in [1.82, 2.24) is 14.8 Å². The van der Waals surface area contributed by atoms with Gasteiger partial charge in [0.05, 0.1) is 17.1 Å². The molecule has 3 aromatic rings. The summed E-state index contributed by atoms with van der Waals surface area (Å²) in [5.74, 6) is 0.547. The van der Waals surface area contributed by atoms with Crippen LogP contribution in [0.2, 0.25) is 5.02 Å². The van der Waals surface area contributed by atoms with Crippen molar-refractivity contribution in [3.8, 4) is 0 Å². The Labute approximate surface area is 199 Å². The van der Waals surface area contributed by atoms with E-state index in [1.807, 2.05) is 24.3 Å². The zero-order valence-electron chi connectivity index (χ0n) is 17.8. The molecular formula is C22H20ClN5O4S. The number of hydrogen-bond donors (Lipinski definition) is 1. The molecule has 2 heterocycles. The highest BCUT2D eigenvalue weighted by Gasteiger charge is 2.35. The number of nitro groups is 1. The largest absolute Gasteiger partial charge is 0.463 e. The molecule has 2 aromatic carbocycles. The Balaban J connectivity index is 1.71. The minimum absolute atomic E-state index is 0.0409. The van der Waals surface area contributed by atoms with Crippen LogP contribution in [0.4, 0.5) is 11.6 Å². The van der Waals surface area contributed by atoms with E-state index in [-0.39, 0.29) is 12.3 Å². The van der Waals surface area contributed by atoms with Crippen LogP contribution in [0, 0.1) is 10.1 Å². The summed E-state index contributed by atoms with van der Waals surface area (Å²) in [5, 5.41) is 20.0. The number of nitro benzene ring substituents is 1. The lowest BCUT2D eigenvalue weighted by molar-refractivity contribution is -0.384. The van der Waals surface area contributed by atoms with Crippen LogP contribution in [0.1, 0.15) is 31.0 Å². The second-order valence-electron chi connectivity index (χ2n) is 7.18. The summed E-state index contributed by atoms with van der Waals surface area (Å²) in [4.78, 5) is 28.0. The second kappa shape index (κ2) is 9.63. The number of esters is 1. The normalized spacial score (nSPS) is 15.1. The first-order chi connectivity index (χ1) is 15.9. The highest BCUT2D eigenvalue weighted by atomic mass is 35.5. The summed E-state index contributed by atoms with van der Waals surface area (Å²) >= 11 is 7.67. The number of non-ortho nitro benzene ring substituents is 1. The van der Waals surface area contributed by atoms with Gasteiger partial charge in [-0.1, -0.05) is 41.6 Å². The van der Waals surface area contributed by atoms with Gasteiger partial charge in [-0.2, -0.15) is 4.98 Å². The fraction of sp³-hybridized carbons (Fsp3) is 0.227. The average molecular weight is 486 g/mol. The zero-order valence-corrected chi connectivity index (χ0v) is 19.4. The summed E-state index contributed by atoms with van der Waals surface area (Å²) in [7, 11) is 0. The van der Waals surface area contributed by atoms with Gasteiger partial charge in [0.15, 0.2) is 0 Å². The summed E-state index contributed by atoms with van der Waals surface area (Å²) in [5.41, 5.74) is 2.52. The summed E-state index contributed by atoms with van der Waals surface area (Å²) in [6, 6.07) is 12.9. The SMILES string of the molecule is CCOC(=O)C1=C(C)Nc2nc(SCc3ccccc3Cl)nn2[C@@H]1c1ccc([N+](=O)[O-])cc1. The number of hydrogen-bond acceptors (Lipinski definition) is 8. The van der Waals surface area contributed by atoms with Crippen LogP contribution in [0.5, 0.6) is 0 Å². The number of rotatable bonds is 7. The van der Waals surface area contributed by atoms with Crippen LogP contribution in [0.3, 0.4) is 0 Å². The molecule has 1 atom stereocenters. The van der Waals surface area contributed by atoms with Gasteiger partial charge in [-0.25, -0.2) is 9.48 Å². The van der Waals surface area contributed by atoms with Crippen molar-refractivity contribution in [2.75, 3.05) is 11.9 Å². The molecule has 1 aliphatic heterocycles. The van der Waals surface area contributed by atoms with Crippen LogP contribution in [-0.4, -0.2) is 32.3 Å². The van der Waals surface area contributed by atoms with Crippen molar-refractivity contribution < 1.29 is 14.5 Å². The van der Waals surface area contributed by atoms with E-state index in [4.69, 9.17) is 16.3 Å². The summed E-state index contributed by atoms with van der Waals surface area (Å²) in [6.45, 7) is 3.71. The highest BCUT2D eigenvalue weighted by Crippen LogP contribution is 2.37. The minimum atomic E-state index is -0.650. The molecule has 0 bridgehead atoms. The summed E-state index contributed by atoms with van der Waals surface area (Å²) in [6.07, 6.45) is 0. The van der Waals surface area contributed by atoms with E-state index in [1.165, 1.54) is 23.9 Å². The Hall–Kier alpha value is -3.37. The smallest absolute Gasteiger partial charge is 0.338 e. The van der Waals surface area contributed by atoms with E-state index in [0.717, 1.165) is 5.56 Å². The van der Waals surface area contributed by atoms with Crippen LogP contribution in [0.15, 0.2) is 65.0 Å². The van der Waals surface area contributed by atoms with Crippen LogP contribution in [-0.2, 0) is 15.3 Å². The first-order valence-electron chi connectivity index (χ1n) is 10.1. The second-order valence-corrected chi connectivity index (χ2v) is 8.53. The van der Waals surface area contributed by atoms with Gasteiger partial charge in [-0.15, -0.1) is 5.10 Å². The van der Waals surface area contributed by atoms with E-state index in [9.17, 15) is 14.9 Å². The highest BCUT2D eigenvalue weighted by molar-refractivity contribution is 7.98. The number of nitrogens with zero attached hydrogens (tertiary/aromatic N) is 4. The third-order valence-electron chi connectivity index (χ3n) is 5.06. The lowest BCUT2D eigenvalue weighted by Gasteiger charge is -2.28. The number of ether oxygens (including phenoxy) is 1. The van der Waals surface area contributed by atoms with Gasteiger partial charge >= 0.3 is 5.97 Å². The van der Waals surface area contributed by atoms with Crippen molar-refractivity contribution >= 4 is 41.0 Å². The number of nitrogens with one attached hydrogen (secondary N) is 1. The topological polar surface area (TPSA) is 112 Å². The molecule has 170 valence electrons. The quantitative estimate of drug-likeness (QED) is 0.216. The van der Waals surface area contributed by atoms with Crippen molar-refractivity contribution in [1.29, 1.82) is 0 Å². The molecule has 1 aromatic heterocycles. The van der Waals surface area contributed by atoms with Crippen molar-refractivity contribution in [2.24, 2.45) is 0 Å². The van der Waals surface area contributed by atoms with E-state index in [0.29, 0.717) is 38.7 Å². The van der Waals surface area contributed by atoms with Gasteiger partial charge in [0, 0.05) is 28.6 Å². The molecule has 0 fully saturated rings. The van der Waals surface area contributed by atoms with Gasteiger partial charge in [0.25, 0.3) is 5.69 Å². The number of fused-ring (bicyclic) bond motifs is 1. The predicted octanol–water partition coefficient (Wildman–Crippen LogP) is 4.98. The van der Waals surface area contributed by atoms with Crippen molar-refractivity contribution in [3.05, 3.63) is 86.1 Å². The number of thioether (sulfide) groups is 1. The minimum Gasteiger partial charge on any atom is -0.463 e. The van der Waals surface area contributed by atoms with Gasteiger partial charge < -0.3 is 10.1 Å². The van der Waals surface area contributed by atoms with Gasteiger partial charge in [-0.3, -0.25) is 10.1 Å². The first-order valence-corrected chi connectivity index (χ1v) is 11.5. The molecule has 4 rings (SSSR count).